The Bertz CT molecular complexity index is 434. The van der Waals surface area contributed by atoms with Gasteiger partial charge < -0.3 is 10.3 Å². The Balaban J connectivity index is 2.83. The second-order valence-corrected chi connectivity index (χ2v) is 2.44. The second-order valence-electron chi connectivity index (χ2n) is 2.44. The van der Waals surface area contributed by atoms with E-state index in [0.717, 1.165) is 0 Å². The Morgan fingerprint density at radius 3 is 3.08 bits per heavy atom. The average Bonchev–Trinajstić information content (AvgIpc) is 2.46. The first-order valence-corrected chi connectivity index (χ1v) is 3.41. The summed E-state index contributed by atoms with van der Waals surface area (Å²) in [4.78, 5) is 10.4. The van der Waals surface area contributed by atoms with E-state index in [2.05, 4.69) is 5.16 Å². The molecule has 2 aromatic rings. The van der Waals surface area contributed by atoms with Crippen LogP contribution in [-0.2, 0) is 0 Å². The molecule has 12 heavy (non-hydrogen) atoms. The first kappa shape index (κ1) is 6.84. The SMILES string of the molecule is Nc1ccc2onc(C=O)c2c1. The molecule has 0 radical (unpaired) electrons. The summed E-state index contributed by atoms with van der Waals surface area (Å²) in [6.45, 7) is 0. The van der Waals surface area contributed by atoms with Crippen LogP contribution in [0.2, 0.25) is 0 Å². The zero-order valence-electron chi connectivity index (χ0n) is 6.15. The lowest BCUT2D eigenvalue weighted by molar-refractivity contribution is 0.111. The van der Waals surface area contributed by atoms with Crippen molar-refractivity contribution in [2.24, 2.45) is 0 Å². The van der Waals surface area contributed by atoms with Crippen LogP contribution in [0.4, 0.5) is 5.69 Å². The number of nitrogens with two attached hydrogens (primary N) is 1. The maximum atomic E-state index is 10.4. The van der Waals surface area contributed by atoms with Gasteiger partial charge in [-0.1, -0.05) is 5.16 Å². The number of anilines is 1. The van der Waals surface area contributed by atoms with Gasteiger partial charge in [-0.2, -0.15) is 0 Å². The molecular formula is C8H6N2O2. The minimum atomic E-state index is 0.289. The molecule has 0 saturated carbocycles. The van der Waals surface area contributed by atoms with E-state index >= 15 is 0 Å². The molecule has 1 aromatic carbocycles. The Kier molecular flexibility index (Phi) is 1.33. The molecule has 2 rings (SSSR count). The number of aromatic nitrogens is 1. The quantitative estimate of drug-likeness (QED) is 0.505. The Morgan fingerprint density at radius 1 is 1.50 bits per heavy atom. The normalized spacial score (nSPS) is 10.3. The highest BCUT2D eigenvalue weighted by molar-refractivity contribution is 5.94. The van der Waals surface area contributed by atoms with Crippen LogP contribution >= 0.6 is 0 Å². The molecule has 0 amide bonds. The van der Waals surface area contributed by atoms with Crippen LogP contribution in [-0.4, -0.2) is 11.4 Å². The van der Waals surface area contributed by atoms with Gasteiger partial charge in [-0.05, 0) is 18.2 Å². The summed E-state index contributed by atoms with van der Waals surface area (Å²) in [5.74, 6) is 0. The van der Waals surface area contributed by atoms with Gasteiger partial charge >= 0.3 is 0 Å². The zero-order chi connectivity index (χ0) is 8.55. The third-order valence-electron chi connectivity index (χ3n) is 1.63. The van der Waals surface area contributed by atoms with Crippen molar-refractivity contribution in [2.75, 3.05) is 5.73 Å². The first-order valence-electron chi connectivity index (χ1n) is 3.41. The van der Waals surface area contributed by atoms with Crippen LogP contribution in [0.15, 0.2) is 22.7 Å². The lowest BCUT2D eigenvalue weighted by Gasteiger charge is -1.89. The first-order chi connectivity index (χ1) is 5.81. The monoisotopic (exact) mass is 162 g/mol. The summed E-state index contributed by atoms with van der Waals surface area (Å²) >= 11 is 0. The molecule has 60 valence electrons. The minimum Gasteiger partial charge on any atom is -0.399 e. The van der Waals surface area contributed by atoms with Crippen LogP contribution in [0.25, 0.3) is 11.0 Å². The van der Waals surface area contributed by atoms with Crippen molar-refractivity contribution in [2.45, 2.75) is 0 Å². The lowest BCUT2D eigenvalue weighted by atomic mass is 10.2. The smallest absolute Gasteiger partial charge is 0.172 e. The van der Waals surface area contributed by atoms with E-state index < -0.39 is 0 Å². The summed E-state index contributed by atoms with van der Waals surface area (Å²) in [7, 11) is 0. The molecule has 1 heterocycles. The number of nitrogens with zero attached hydrogens (tertiary/aromatic N) is 1. The van der Waals surface area contributed by atoms with E-state index in [0.29, 0.717) is 22.9 Å². The second kappa shape index (κ2) is 2.34. The molecule has 0 spiro atoms. The Morgan fingerprint density at radius 2 is 2.33 bits per heavy atom. The molecule has 0 aliphatic heterocycles. The molecule has 2 N–H and O–H groups in total. The van der Waals surface area contributed by atoms with E-state index in [-0.39, 0.29) is 5.69 Å². The molecule has 4 heteroatoms. The van der Waals surface area contributed by atoms with Gasteiger partial charge in [0.05, 0.1) is 5.39 Å². The van der Waals surface area contributed by atoms with Crippen molar-refractivity contribution in [1.82, 2.24) is 5.16 Å². The summed E-state index contributed by atoms with van der Waals surface area (Å²) < 4.78 is 4.86. The van der Waals surface area contributed by atoms with Crippen molar-refractivity contribution in [1.29, 1.82) is 0 Å². The zero-order valence-corrected chi connectivity index (χ0v) is 6.15. The number of benzene rings is 1. The van der Waals surface area contributed by atoms with Crippen LogP contribution in [0, 0.1) is 0 Å². The van der Waals surface area contributed by atoms with Crippen molar-refractivity contribution in [3.05, 3.63) is 23.9 Å². The van der Waals surface area contributed by atoms with E-state index in [1.54, 1.807) is 18.2 Å². The van der Waals surface area contributed by atoms with Crippen molar-refractivity contribution >= 4 is 22.9 Å². The maximum absolute atomic E-state index is 10.4. The summed E-state index contributed by atoms with van der Waals surface area (Å²) in [6, 6.07) is 5.04. The lowest BCUT2D eigenvalue weighted by Crippen LogP contribution is -1.84. The number of fused-ring (bicyclic) bond motifs is 1. The van der Waals surface area contributed by atoms with E-state index in [4.69, 9.17) is 10.3 Å². The predicted octanol–water partition coefficient (Wildman–Crippen LogP) is 1.22. The van der Waals surface area contributed by atoms with Gasteiger partial charge in [0.25, 0.3) is 0 Å². The van der Waals surface area contributed by atoms with Crippen molar-refractivity contribution in [3.63, 3.8) is 0 Å². The van der Waals surface area contributed by atoms with Gasteiger partial charge in [-0.25, -0.2) is 0 Å². The van der Waals surface area contributed by atoms with Gasteiger partial charge in [0.2, 0.25) is 0 Å². The van der Waals surface area contributed by atoms with Crippen molar-refractivity contribution in [3.8, 4) is 0 Å². The van der Waals surface area contributed by atoms with Crippen LogP contribution in [0.1, 0.15) is 10.5 Å². The Hall–Kier alpha value is -1.84. The molecule has 0 unspecified atom stereocenters. The molecular weight excluding hydrogens is 156 g/mol. The summed E-state index contributed by atoms with van der Waals surface area (Å²) in [6.07, 6.45) is 0.644. The summed E-state index contributed by atoms with van der Waals surface area (Å²) in [5.41, 5.74) is 6.98. The molecule has 1 aromatic heterocycles. The molecule has 0 atom stereocenters. The van der Waals surface area contributed by atoms with Gasteiger partial charge in [0.15, 0.2) is 17.6 Å². The third-order valence-corrected chi connectivity index (χ3v) is 1.63. The predicted molar refractivity (Wildman–Crippen MR) is 43.8 cm³/mol. The fraction of sp³-hybridized carbons (Fsp3) is 0. The number of hydrogen-bond donors (Lipinski definition) is 1. The largest absolute Gasteiger partial charge is 0.399 e. The van der Waals surface area contributed by atoms with Gasteiger partial charge in [-0.3, -0.25) is 4.79 Å². The highest BCUT2D eigenvalue weighted by Gasteiger charge is 2.05. The third kappa shape index (κ3) is 0.852. The fourth-order valence-electron chi connectivity index (χ4n) is 1.06. The number of rotatable bonds is 1. The molecule has 4 nitrogen and oxygen atoms in total. The van der Waals surface area contributed by atoms with Gasteiger partial charge in [-0.15, -0.1) is 0 Å². The number of aldehydes is 1. The number of hydrogen-bond acceptors (Lipinski definition) is 4. The van der Waals surface area contributed by atoms with Crippen LogP contribution < -0.4 is 5.73 Å². The van der Waals surface area contributed by atoms with E-state index in [1.807, 2.05) is 0 Å². The van der Waals surface area contributed by atoms with Crippen LogP contribution in [0.3, 0.4) is 0 Å². The topological polar surface area (TPSA) is 69.1 Å². The Labute approximate surface area is 67.9 Å². The van der Waals surface area contributed by atoms with Crippen molar-refractivity contribution < 1.29 is 9.32 Å². The molecule has 0 aliphatic rings. The maximum Gasteiger partial charge on any atom is 0.172 e. The van der Waals surface area contributed by atoms with Crippen LogP contribution in [0.5, 0.6) is 0 Å². The number of carbonyl (C=O) groups is 1. The number of carbonyl (C=O) groups excluding carboxylic acids is 1. The van der Waals surface area contributed by atoms with E-state index in [9.17, 15) is 4.79 Å². The molecule has 0 saturated heterocycles. The molecule has 0 aliphatic carbocycles. The highest BCUT2D eigenvalue weighted by Crippen LogP contribution is 2.19. The summed E-state index contributed by atoms with van der Waals surface area (Å²) in [5, 5.41) is 4.21. The molecule has 0 fully saturated rings. The standard InChI is InChI=1S/C8H6N2O2/c9-5-1-2-8-6(3-5)7(4-11)10-12-8/h1-4H,9H2. The highest BCUT2D eigenvalue weighted by atomic mass is 16.5. The minimum absolute atomic E-state index is 0.289. The fourth-order valence-corrected chi connectivity index (χ4v) is 1.06. The average molecular weight is 162 g/mol. The van der Waals surface area contributed by atoms with Gasteiger partial charge in [0, 0.05) is 5.69 Å². The van der Waals surface area contributed by atoms with Gasteiger partial charge in [0.1, 0.15) is 0 Å². The number of nitrogen functional groups attached to an aromatic ring is 1. The molecule has 0 bridgehead atoms. The van der Waals surface area contributed by atoms with E-state index in [1.165, 1.54) is 0 Å².